The Morgan fingerprint density at radius 2 is 2.11 bits per heavy atom. The van der Waals surface area contributed by atoms with Crippen molar-refractivity contribution in [3.63, 3.8) is 0 Å². The molecule has 19 heavy (non-hydrogen) atoms. The Morgan fingerprint density at radius 1 is 1.37 bits per heavy atom. The minimum Gasteiger partial charge on any atom is -0.399 e. The summed E-state index contributed by atoms with van der Waals surface area (Å²) in [4.78, 5) is 12.1. The van der Waals surface area contributed by atoms with Gasteiger partial charge in [0, 0.05) is 27.5 Å². The quantitative estimate of drug-likeness (QED) is 0.759. The summed E-state index contributed by atoms with van der Waals surface area (Å²) in [7, 11) is 0. The number of hydrogen-bond acceptors (Lipinski definition) is 3. The number of aromatic amines is 1. The topological polar surface area (TPSA) is 83.8 Å². The Morgan fingerprint density at radius 3 is 2.68 bits per heavy atom. The van der Waals surface area contributed by atoms with E-state index in [4.69, 9.17) is 5.73 Å². The normalized spacial score (nSPS) is 10.7. The second-order valence-corrected chi connectivity index (χ2v) is 5.51. The number of anilines is 2. The summed E-state index contributed by atoms with van der Waals surface area (Å²) in [5, 5.41) is 9.66. The van der Waals surface area contributed by atoms with E-state index in [0.29, 0.717) is 23.0 Å². The fraction of sp³-hybridized carbons (Fsp3) is 0.231. The number of aromatic nitrogens is 2. The van der Waals surface area contributed by atoms with Gasteiger partial charge in [0.25, 0.3) is 5.91 Å². The number of nitrogens with zero attached hydrogens (tertiary/aromatic N) is 1. The molecule has 0 bridgehead atoms. The third-order valence-electron chi connectivity index (χ3n) is 2.64. The van der Waals surface area contributed by atoms with Crippen LogP contribution in [0.1, 0.15) is 35.8 Å². The molecule has 0 aliphatic heterocycles. The summed E-state index contributed by atoms with van der Waals surface area (Å²) >= 11 is 3.31. The lowest BCUT2D eigenvalue weighted by Gasteiger charge is -2.04. The van der Waals surface area contributed by atoms with E-state index in [9.17, 15) is 4.79 Å². The molecule has 0 fully saturated rings. The molecule has 0 aliphatic carbocycles. The van der Waals surface area contributed by atoms with Gasteiger partial charge in [-0.05, 0) is 24.1 Å². The highest BCUT2D eigenvalue weighted by Gasteiger charge is 2.11. The van der Waals surface area contributed by atoms with Gasteiger partial charge in [-0.25, -0.2) is 0 Å². The Kier molecular flexibility index (Phi) is 3.90. The smallest absolute Gasteiger partial charge is 0.256 e. The fourth-order valence-corrected chi connectivity index (χ4v) is 2.14. The zero-order valence-electron chi connectivity index (χ0n) is 10.7. The monoisotopic (exact) mass is 322 g/mol. The SMILES string of the molecule is CC(C)c1cc(NC(=O)c2cc(N)cc(Br)c2)n[nH]1. The second-order valence-electron chi connectivity index (χ2n) is 4.59. The van der Waals surface area contributed by atoms with Crippen LogP contribution >= 0.6 is 15.9 Å². The van der Waals surface area contributed by atoms with Crippen LogP contribution < -0.4 is 11.1 Å². The Bertz CT molecular complexity index is 586. The van der Waals surface area contributed by atoms with Crippen LogP contribution in [0.15, 0.2) is 28.7 Å². The summed E-state index contributed by atoms with van der Waals surface area (Å²) in [6.07, 6.45) is 0. The van der Waals surface area contributed by atoms with E-state index < -0.39 is 0 Å². The summed E-state index contributed by atoms with van der Waals surface area (Å²) in [6.45, 7) is 4.10. The molecule has 0 aliphatic rings. The molecule has 5 nitrogen and oxygen atoms in total. The standard InChI is InChI=1S/C13H15BrN4O/c1-7(2)11-6-12(18-17-11)16-13(19)8-3-9(14)5-10(15)4-8/h3-7H,15H2,1-2H3,(H2,16,17,18,19). The molecule has 100 valence electrons. The number of H-pyrrole nitrogens is 1. The van der Waals surface area contributed by atoms with Crippen LogP contribution in [-0.2, 0) is 0 Å². The van der Waals surface area contributed by atoms with E-state index >= 15 is 0 Å². The summed E-state index contributed by atoms with van der Waals surface area (Å²) in [5.41, 5.74) is 7.70. The third-order valence-corrected chi connectivity index (χ3v) is 3.10. The van der Waals surface area contributed by atoms with Crippen molar-refractivity contribution in [3.05, 3.63) is 40.0 Å². The van der Waals surface area contributed by atoms with Crippen molar-refractivity contribution in [2.24, 2.45) is 0 Å². The third kappa shape index (κ3) is 3.35. The largest absolute Gasteiger partial charge is 0.399 e. The molecule has 0 unspecified atom stereocenters. The van der Waals surface area contributed by atoms with E-state index in [2.05, 4.69) is 31.4 Å². The van der Waals surface area contributed by atoms with Gasteiger partial charge in [-0.3, -0.25) is 9.89 Å². The van der Waals surface area contributed by atoms with E-state index in [1.807, 2.05) is 19.9 Å². The zero-order chi connectivity index (χ0) is 14.0. The number of carbonyl (C=O) groups excluding carboxylic acids is 1. The maximum atomic E-state index is 12.1. The van der Waals surface area contributed by atoms with Gasteiger partial charge in [0.15, 0.2) is 5.82 Å². The number of nitrogens with two attached hydrogens (primary N) is 1. The van der Waals surface area contributed by atoms with Crippen molar-refractivity contribution in [2.45, 2.75) is 19.8 Å². The molecule has 2 aromatic rings. The first kappa shape index (κ1) is 13.6. The van der Waals surface area contributed by atoms with Gasteiger partial charge in [0.2, 0.25) is 0 Å². The molecule has 0 saturated heterocycles. The van der Waals surface area contributed by atoms with Crippen molar-refractivity contribution in [2.75, 3.05) is 11.1 Å². The number of halogens is 1. The molecule has 0 radical (unpaired) electrons. The van der Waals surface area contributed by atoms with Gasteiger partial charge in [-0.15, -0.1) is 0 Å². The summed E-state index contributed by atoms with van der Waals surface area (Å²) in [5.74, 6) is 0.599. The van der Waals surface area contributed by atoms with Gasteiger partial charge in [-0.2, -0.15) is 5.10 Å². The number of carbonyl (C=O) groups is 1. The van der Waals surface area contributed by atoms with E-state index in [-0.39, 0.29) is 5.91 Å². The highest BCUT2D eigenvalue weighted by Crippen LogP contribution is 2.19. The van der Waals surface area contributed by atoms with E-state index in [1.165, 1.54) is 0 Å². The molecule has 0 spiro atoms. The molecule has 0 saturated carbocycles. The van der Waals surface area contributed by atoms with Crippen LogP contribution in [-0.4, -0.2) is 16.1 Å². The van der Waals surface area contributed by atoms with Gasteiger partial charge in [0.1, 0.15) is 0 Å². The van der Waals surface area contributed by atoms with E-state index in [0.717, 1.165) is 10.2 Å². The van der Waals surface area contributed by atoms with E-state index in [1.54, 1.807) is 18.2 Å². The molecule has 0 atom stereocenters. The molecule has 1 amide bonds. The van der Waals surface area contributed by atoms with Crippen LogP contribution in [0.2, 0.25) is 0 Å². The first-order valence-corrected chi connectivity index (χ1v) is 6.67. The van der Waals surface area contributed by atoms with Crippen LogP contribution in [0.4, 0.5) is 11.5 Å². The molecule has 1 aromatic carbocycles. The van der Waals surface area contributed by atoms with Crippen LogP contribution in [0.5, 0.6) is 0 Å². The molecule has 1 aromatic heterocycles. The second kappa shape index (κ2) is 5.44. The van der Waals surface area contributed by atoms with Crippen molar-refractivity contribution in [1.29, 1.82) is 0 Å². The van der Waals surface area contributed by atoms with Crippen molar-refractivity contribution in [3.8, 4) is 0 Å². The lowest BCUT2D eigenvalue weighted by Crippen LogP contribution is -2.12. The van der Waals surface area contributed by atoms with Crippen molar-refractivity contribution < 1.29 is 4.79 Å². The molecule has 2 rings (SSSR count). The van der Waals surface area contributed by atoms with Crippen LogP contribution in [0.25, 0.3) is 0 Å². The fourth-order valence-electron chi connectivity index (χ4n) is 1.63. The summed E-state index contributed by atoms with van der Waals surface area (Å²) < 4.78 is 0.766. The molecular weight excluding hydrogens is 308 g/mol. The number of amides is 1. The Hall–Kier alpha value is -1.82. The predicted molar refractivity (Wildman–Crippen MR) is 79.2 cm³/mol. The minimum atomic E-state index is -0.241. The number of benzene rings is 1. The Labute approximate surface area is 119 Å². The average Bonchev–Trinajstić information content (AvgIpc) is 2.76. The van der Waals surface area contributed by atoms with Crippen molar-refractivity contribution >= 4 is 33.3 Å². The van der Waals surface area contributed by atoms with Gasteiger partial charge in [-0.1, -0.05) is 29.8 Å². The first-order chi connectivity index (χ1) is 8.95. The number of nitrogens with one attached hydrogen (secondary N) is 2. The molecule has 6 heteroatoms. The lowest BCUT2D eigenvalue weighted by atomic mass is 10.1. The minimum absolute atomic E-state index is 0.241. The maximum Gasteiger partial charge on any atom is 0.256 e. The van der Waals surface area contributed by atoms with Crippen LogP contribution in [0.3, 0.4) is 0 Å². The number of hydrogen-bond donors (Lipinski definition) is 3. The number of rotatable bonds is 3. The lowest BCUT2D eigenvalue weighted by molar-refractivity contribution is 0.102. The van der Waals surface area contributed by atoms with Gasteiger partial charge >= 0.3 is 0 Å². The number of nitrogen functional groups attached to an aromatic ring is 1. The molecule has 1 heterocycles. The van der Waals surface area contributed by atoms with Crippen LogP contribution in [0, 0.1) is 0 Å². The summed E-state index contributed by atoms with van der Waals surface area (Å²) in [6, 6.07) is 6.89. The first-order valence-electron chi connectivity index (χ1n) is 5.88. The Balaban J connectivity index is 2.15. The van der Waals surface area contributed by atoms with Gasteiger partial charge < -0.3 is 11.1 Å². The maximum absolute atomic E-state index is 12.1. The molecule has 4 N–H and O–H groups in total. The van der Waals surface area contributed by atoms with Gasteiger partial charge in [0.05, 0.1) is 0 Å². The van der Waals surface area contributed by atoms with Crippen molar-refractivity contribution in [1.82, 2.24) is 10.2 Å². The molecular formula is C13H15BrN4O. The predicted octanol–water partition coefficient (Wildman–Crippen LogP) is 3.13. The highest BCUT2D eigenvalue weighted by molar-refractivity contribution is 9.10. The zero-order valence-corrected chi connectivity index (χ0v) is 12.3. The highest BCUT2D eigenvalue weighted by atomic mass is 79.9. The average molecular weight is 323 g/mol.